The maximum atomic E-state index is 12.9. The van der Waals surface area contributed by atoms with E-state index in [4.69, 9.17) is 4.42 Å². The fourth-order valence-electron chi connectivity index (χ4n) is 5.58. The van der Waals surface area contributed by atoms with Crippen LogP contribution in [0.5, 0.6) is 0 Å². The number of allylic oxidation sites excluding steroid dienone is 2. The number of nitrogens with zero attached hydrogens (tertiary/aromatic N) is 3. The number of rotatable bonds is 4. The van der Waals surface area contributed by atoms with E-state index in [2.05, 4.69) is 17.3 Å². The Balaban J connectivity index is 1.26. The molecular formula is C22H17N3O5. The van der Waals surface area contributed by atoms with E-state index in [0.29, 0.717) is 28.9 Å². The fourth-order valence-corrected chi connectivity index (χ4v) is 5.58. The van der Waals surface area contributed by atoms with Crippen molar-refractivity contribution in [2.45, 2.75) is 6.42 Å². The van der Waals surface area contributed by atoms with Gasteiger partial charge in [0.25, 0.3) is 17.5 Å². The summed E-state index contributed by atoms with van der Waals surface area (Å²) in [5.41, 5.74) is 0.286. The number of para-hydroxylation sites is 1. The lowest BCUT2D eigenvalue weighted by Gasteiger charge is -2.37. The second-order valence-electron chi connectivity index (χ2n) is 8.36. The number of benzene rings is 1. The first-order chi connectivity index (χ1) is 14.5. The Bertz CT molecular complexity index is 1130. The SMILES string of the molecule is O=C1[C@H]2[C@@H]3C=C[C@H]([C@H]4C[C@H]34)[C@@H]2C(=O)N1/N=C/c1ccc(-c2ccccc2[N+](=O)[O-])o1. The van der Waals surface area contributed by atoms with Crippen LogP contribution in [0.25, 0.3) is 11.3 Å². The summed E-state index contributed by atoms with van der Waals surface area (Å²) in [6.45, 7) is 0. The van der Waals surface area contributed by atoms with Crippen molar-refractivity contribution in [3.8, 4) is 11.3 Å². The molecule has 0 spiro atoms. The lowest BCUT2D eigenvalue weighted by Crippen LogP contribution is -2.40. The van der Waals surface area contributed by atoms with Crippen LogP contribution in [0, 0.1) is 45.6 Å². The topological polar surface area (TPSA) is 106 Å². The van der Waals surface area contributed by atoms with Crippen LogP contribution in [0.2, 0.25) is 0 Å². The summed E-state index contributed by atoms with van der Waals surface area (Å²) in [6, 6.07) is 9.49. The Morgan fingerprint density at radius 2 is 1.70 bits per heavy atom. The molecule has 2 saturated carbocycles. The van der Waals surface area contributed by atoms with Gasteiger partial charge in [-0.05, 0) is 48.3 Å². The van der Waals surface area contributed by atoms with Gasteiger partial charge in [-0.1, -0.05) is 24.3 Å². The predicted molar refractivity (Wildman–Crippen MR) is 105 cm³/mol. The van der Waals surface area contributed by atoms with Crippen LogP contribution in [-0.2, 0) is 9.59 Å². The molecule has 2 aromatic rings. The van der Waals surface area contributed by atoms with Crippen molar-refractivity contribution < 1.29 is 18.9 Å². The van der Waals surface area contributed by atoms with E-state index in [1.807, 2.05) is 0 Å². The molecule has 7 rings (SSSR count). The summed E-state index contributed by atoms with van der Waals surface area (Å²) in [7, 11) is 0. The van der Waals surface area contributed by atoms with Gasteiger partial charge in [0.15, 0.2) is 0 Å². The number of carbonyl (C=O) groups excluding carboxylic acids is 2. The third-order valence-electron chi connectivity index (χ3n) is 6.93. The lowest BCUT2D eigenvalue weighted by atomic mass is 9.63. The zero-order chi connectivity index (χ0) is 20.6. The Kier molecular flexibility index (Phi) is 3.45. The maximum Gasteiger partial charge on any atom is 0.280 e. The van der Waals surface area contributed by atoms with Gasteiger partial charge in [-0.3, -0.25) is 19.7 Å². The number of hydrogen-bond donors (Lipinski definition) is 0. The highest BCUT2D eigenvalue weighted by Gasteiger charge is 2.67. The van der Waals surface area contributed by atoms with Crippen LogP contribution < -0.4 is 0 Å². The predicted octanol–water partition coefficient (Wildman–Crippen LogP) is 3.24. The average molecular weight is 403 g/mol. The molecule has 1 aromatic heterocycles. The van der Waals surface area contributed by atoms with E-state index in [1.165, 1.54) is 12.3 Å². The lowest BCUT2D eigenvalue weighted by molar-refractivity contribution is -0.384. The second kappa shape index (κ2) is 5.98. The van der Waals surface area contributed by atoms with Gasteiger partial charge in [-0.25, -0.2) is 0 Å². The molecule has 2 amide bonds. The Morgan fingerprint density at radius 3 is 2.37 bits per heavy atom. The van der Waals surface area contributed by atoms with Crippen molar-refractivity contribution in [3.05, 3.63) is 64.4 Å². The molecule has 8 heteroatoms. The number of furan rings is 1. The van der Waals surface area contributed by atoms with E-state index in [9.17, 15) is 19.7 Å². The van der Waals surface area contributed by atoms with Crippen LogP contribution in [0.3, 0.4) is 0 Å². The molecule has 0 radical (unpaired) electrons. The smallest absolute Gasteiger partial charge is 0.280 e. The van der Waals surface area contributed by atoms with Gasteiger partial charge in [-0.2, -0.15) is 10.1 Å². The Labute approximate surface area is 171 Å². The summed E-state index contributed by atoms with van der Waals surface area (Å²) in [4.78, 5) is 36.6. The van der Waals surface area contributed by atoms with Crippen molar-refractivity contribution >= 4 is 23.7 Å². The van der Waals surface area contributed by atoms with E-state index in [0.717, 1.165) is 11.4 Å². The first-order valence-corrected chi connectivity index (χ1v) is 9.98. The van der Waals surface area contributed by atoms with Crippen molar-refractivity contribution in [3.63, 3.8) is 0 Å². The molecule has 150 valence electrons. The highest BCUT2D eigenvalue weighted by atomic mass is 16.6. The summed E-state index contributed by atoms with van der Waals surface area (Å²) in [5, 5.41) is 16.4. The molecule has 3 fully saturated rings. The van der Waals surface area contributed by atoms with Gasteiger partial charge in [0, 0.05) is 6.07 Å². The minimum absolute atomic E-state index is 0.0640. The summed E-state index contributed by atoms with van der Waals surface area (Å²) >= 11 is 0. The zero-order valence-corrected chi connectivity index (χ0v) is 15.8. The summed E-state index contributed by atoms with van der Waals surface area (Å²) < 4.78 is 5.67. The first-order valence-electron chi connectivity index (χ1n) is 9.98. The van der Waals surface area contributed by atoms with Crippen molar-refractivity contribution in [1.82, 2.24) is 5.01 Å². The number of hydrazone groups is 1. The maximum absolute atomic E-state index is 12.9. The third-order valence-corrected chi connectivity index (χ3v) is 6.93. The van der Waals surface area contributed by atoms with Crippen LogP contribution >= 0.6 is 0 Å². The molecule has 1 aliphatic heterocycles. The highest BCUT2D eigenvalue weighted by molar-refractivity contribution is 6.06. The summed E-state index contributed by atoms with van der Waals surface area (Å²) in [5.74, 6) is 0.924. The first kappa shape index (κ1) is 17.3. The number of nitro benzene ring substituents is 1. The van der Waals surface area contributed by atoms with Gasteiger partial charge < -0.3 is 4.42 Å². The van der Waals surface area contributed by atoms with E-state index in [-0.39, 0.29) is 41.2 Å². The monoisotopic (exact) mass is 403 g/mol. The van der Waals surface area contributed by atoms with Crippen molar-refractivity contribution in [2.75, 3.05) is 0 Å². The van der Waals surface area contributed by atoms with Gasteiger partial charge in [0.1, 0.15) is 11.5 Å². The molecule has 8 nitrogen and oxygen atoms in total. The fraction of sp³-hybridized carbons (Fsp3) is 0.318. The van der Waals surface area contributed by atoms with E-state index in [1.54, 1.807) is 30.3 Å². The number of hydrogen-bond acceptors (Lipinski definition) is 6. The molecule has 1 saturated heterocycles. The third kappa shape index (κ3) is 2.30. The van der Waals surface area contributed by atoms with E-state index < -0.39 is 4.92 Å². The number of nitro groups is 1. The quantitative estimate of drug-likeness (QED) is 0.256. The van der Waals surface area contributed by atoms with Gasteiger partial charge in [0.05, 0.1) is 28.5 Å². The molecule has 4 aliphatic carbocycles. The molecule has 30 heavy (non-hydrogen) atoms. The second-order valence-corrected chi connectivity index (χ2v) is 8.36. The molecular weight excluding hydrogens is 386 g/mol. The van der Waals surface area contributed by atoms with Crippen molar-refractivity contribution in [2.24, 2.45) is 40.6 Å². The van der Waals surface area contributed by atoms with E-state index >= 15 is 0 Å². The Hall–Kier alpha value is -3.55. The summed E-state index contributed by atoms with van der Waals surface area (Å²) in [6.07, 6.45) is 6.66. The molecule has 0 N–H and O–H groups in total. The van der Waals surface area contributed by atoms with Gasteiger partial charge in [0.2, 0.25) is 0 Å². The minimum atomic E-state index is -0.470. The average Bonchev–Trinajstić information content (AvgIpc) is 3.39. The zero-order valence-electron chi connectivity index (χ0n) is 15.8. The van der Waals surface area contributed by atoms with Gasteiger partial charge in [-0.15, -0.1) is 0 Å². The minimum Gasteiger partial charge on any atom is -0.455 e. The van der Waals surface area contributed by atoms with Crippen LogP contribution in [0.4, 0.5) is 5.69 Å². The number of imide groups is 1. The standard InChI is InChI=1S/C22H17N3O5/c26-21-19-12-6-7-13(16-9-15(12)16)20(19)22(27)24(21)23-10-11-5-8-18(30-11)14-3-1-2-4-17(14)25(28)29/h1-8,10,12-13,15-16,19-20H,9H2/b23-10+/t12-,13-,15-,16-,19+,20+/m1/s1. The number of amides is 2. The normalized spacial score (nSPS) is 33.3. The van der Waals surface area contributed by atoms with Crippen LogP contribution in [-0.4, -0.2) is 28.0 Å². The van der Waals surface area contributed by atoms with Crippen LogP contribution in [0.15, 0.2) is 58.1 Å². The molecule has 0 unspecified atom stereocenters. The van der Waals surface area contributed by atoms with Crippen molar-refractivity contribution in [1.29, 1.82) is 0 Å². The Morgan fingerprint density at radius 1 is 1.03 bits per heavy atom. The molecule has 1 aromatic carbocycles. The van der Waals surface area contributed by atoms with Gasteiger partial charge >= 0.3 is 0 Å². The molecule has 2 bridgehead atoms. The largest absolute Gasteiger partial charge is 0.455 e. The highest BCUT2D eigenvalue weighted by Crippen LogP contribution is 2.65. The van der Waals surface area contributed by atoms with Crippen LogP contribution in [0.1, 0.15) is 12.2 Å². The number of carbonyl (C=O) groups is 2. The molecule has 2 heterocycles. The molecule has 6 atom stereocenters. The molecule has 5 aliphatic rings.